The van der Waals surface area contributed by atoms with Crippen molar-refractivity contribution < 1.29 is 4.39 Å². The van der Waals surface area contributed by atoms with Crippen LogP contribution in [0.4, 0.5) is 4.39 Å². The molecular formula is C15H22FNS. The van der Waals surface area contributed by atoms with Gasteiger partial charge in [0, 0.05) is 6.04 Å². The third kappa shape index (κ3) is 3.72. The van der Waals surface area contributed by atoms with Gasteiger partial charge < -0.3 is 5.32 Å². The highest BCUT2D eigenvalue weighted by Crippen LogP contribution is 2.28. The summed E-state index contributed by atoms with van der Waals surface area (Å²) in [7, 11) is 0. The van der Waals surface area contributed by atoms with E-state index in [4.69, 9.17) is 0 Å². The lowest BCUT2D eigenvalue weighted by molar-refractivity contribution is 0.376. The molecule has 1 saturated heterocycles. The van der Waals surface area contributed by atoms with Crippen LogP contribution in [-0.4, -0.2) is 24.1 Å². The molecule has 3 heteroatoms. The minimum atomic E-state index is -0.0635. The van der Waals surface area contributed by atoms with E-state index in [1.807, 2.05) is 23.9 Å². The Kier molecular flexibility index (Phi) is 5.51. The number of rotatable bonds is 6. The molecule has 0 amide bonds. The van der Waals surface area contributed by atoms with E-state index < -0.39 is 0 Å². The van der Waals surface area contributed by atoms with Crippen molar-refractivity contribution in [1.82, 2.24) is 5.32 Å². The predicted molar refractivity (Wildman–Crippen MR) is 77.6 cm³/mol. The van der Waals surface area contributed by atoms with Crippen LogP contribution in [0.1, 0.15) is 25.3 Å². The fourth-order valence-corrected chi connectivity index (χ4v) is 3.84. The molecule has 2 unspecified atom stereocenters. The summed E-state index contributed by atoms with van der Waals surface area (Å²) in [6.45, 7) is 3.21. The molecule has 100 valence electrons. The van der Waals surface area contributed by atoms with Gasteiger partial charge in [-0.2, -0.15) is 11.8 Å². The maximum absolute atomic E-state index is 13.7. The van der Waals surface area contributed by atoms with Crippen molar-refractivity contribution in [2.45, 2.75) is 32.2 Å². The number of hydrogen-bond donors (Lipinski definition) is 1. The van der Waals surface area contributed by atoms with Gasteiger partial charge in [-0.15, -0.1) is 0 Å². The van der Waals surface area contributed by atoms with Gasteiger partial charge in [-0.3, -0.25) is 0 Å². The summed E-state index contributed by atoms with van der Waals surface area (Å²) < 4.78 is 13.7. The Labute approximate surface area is 114 Å². The SMILES string of the molecule is CCCNC(Cc1ccccc1F)C1CCSC1. The van der Waals surface area contributed by atoms with Crippen molar-refractivity contribution in [2.75, 3.05) is 18.1 Å². The van der Waals surface area contributed by atoms with Crippen LogP contribution in [-0.2, 0) is 6.42 Å². The molecule has 0 aliphatic carbocycles. The van der Waals surface area contributed by atoms with E-state index in [0.717, 1.165) is 24.9 Å². The van der Waals surface area contributed by atoms with Crippen molar-refractivity contribution >= 4 is 11.8 Å². The second kappa shape index (κ2) is 7.15. The monoisotopic (exact) mass is 267 g/mol. The molecule has 0 spiro atoms. The Morgan fingerprint density at radius 3 is 2.94 bits per heavy atom. The molecule has 1 N–H and O–H groups in total. The first-order valence-corrected chi connectivity index (χ1v) is 8.01. The second-order valence-electron chi connectivity index (χ2n) is 4.98. The average Bonchev–Trinajstić information content (AvgIpc) is 2.90. The van der Waals surface area contributed by atoms with Crippen molar-refractivity contribution in [3.05, 3.63) is 35.6 Å². The van der Waals surface area contributed by atoms with E-state index in [9.17, 15) is 4.39 Å². The van der Waals surface area contributed by atoms with Crippen LogP contribution in [0.3, 0.4) is 0 Å². The zero-order valence-corrected chi connectivity index (χ0v) is 11.8. The molecular weight excluding hydrogens is 245 g/mol. The van der Waals surface area contributed by atoms with Gasteiger partial charge in [-0.25, -0.2) is 4.39 Å². The first-order chi connectivity index (χ1) is 8.81. The van der Waals surface area contributed by atoms with E-state index in [0.29, 0.717) is 12.0 Å². The zero-order chi connectivity index (χ0) is 12.8. The summed E-state index contributed by atoms with van der Waals surface area (Å²) >= 11 is 2.02. The summed E-state index contributed by atoms with van der Waals surface area (Å²) in [6, 6.07) is 7.60. The summed E-state index contributed by atoms with van der Waals surface area (Å²) in [5.74, 6) is 3.11. The normalized spacial score (nSPS) is 21.1. The summed E-state index contributed by atoms with van der Waals surface area (Å²) in [6.07, 6.45) is 3.21. The third-order valence-electron chi connectivity index (χ3n) is 3.59. The van der Waals surface area contributed by atoms with Gasteiger partial charge in [0.15, 0.2) is 0 Å². The average molecular weight is 267 g/mol. The zero-order valence-electron chi connectivity index (χ0n) is 11.0. The maximum atomic E-state index is 13.7. The molecule has 0 saturated carbocycles. The molecule has 1 aromatic rings. The van der Waals surface area contributed by atoms with Crippen molar-refractivity contribution in [2.24, 2.45) is 5.92 Å². The predicted octanol–water partition coefficient (Wildman–Crippen LogP) is 3.49. The molecule has 18 heavy (non-hydrogen) atoms. The molecule has 0 radical (unpaired) electrons. The van der Waals surface area contributed by atoms with Crippen LogP contribution in [0.5, 0.6) is 0 Å². The number of halogens is 1. The van der Waals surface area contributed by atoms with Crippen LogP contribution < -0.4 is 5.32 Å². The first kappa shape index (κ1) is 13.9. The summed E-state index contributed by atoms with van der Waals surface area (Å²) in [4.78, 5) is 0. The number of benzene rings is 1. The Morgan fingerprint density at radius 1 is 1.44 bits per heavy atom. The lowest BCUT2D eigenvalue weighted by Crippen LogP contribution is -2.38. The van der Waals surface area contributed by atoms with E-state index >= 15 is 0 Å². The van der Waals surface area contributed by atoms with Gasteiger partial charge >= 0.3 is 0 Å². The van der Waals surface area contributed by atoms with Crippen LogP contribution in [0.2, 0.25) is 0 Å². The minimum Gasteiger partial charge on any atom is -0.313 e. The Bertz CT molecular complexity index is 363. The highest BCUT2D eigenvalue weighted by Gasteiger charge is 2.25. The third-order valence-corrected chi connectivity index (χ3v) is 4.78. The number of hydrogen-bond acceptors (Lipinski definition) is 2. The van der Waals surface area contributed by atoms with Crippen LogP contribution in [0, 0.1) is 11.7 Å². The Balaban J connectivity index is 2.02. The number of thioether (sulfide) groups is 1. The molecule has 1 nitrogen and oxygen atoms in total. The first-order valence-electron chi connectivity index (χ1n) is 6.85. The van der Waals surface area contributed by atoms with Crippen LogP contribution in [0.25, 0.3) is 0 Å². The lowest BCUT2D eigenvalue weighted by atomic mass is 9.92. The maximum Gasteiger partial charge on any atom is 0.126 e. The highest BCUT2D eigenvalue weighted by atomic mass is 32.2. The van der Waals surface area contributed by atoms with E-state index in [1.54, 1.807) is 12.1 Å². The summed E-state index contributed by atoms with van der Waals surface area (Å²) in [5.41, 5.74) is 0.850. The molecule has 1 fully saturated rings. The van der Waals surface area contributed by atoms with E-state index in [2.05, 4.69) is 12.2 Å². The number of nitrogens with one attached hydrogen (secondary N) is 1. The Hall–Kier alpha value is -0.540. The van der Waals surface area contributed by atoms with Gasteiger partial charge in [0.25, 0.3) is 0 Å². The van der Waals surface area contributed by atoms with Crippen LogP contribution >= 0.6 is 11.8 Å². The topological polar surface area (TPSA) is 12.0 Å². The van der Waals surface area contributed by atoms with Gasteiger partial charge in [0.1, 0.15) is 5.82 Å². The minimum absolute atomic E-state index is 0.0635. The molecule has 1 aromatic carbocycles. The summed E-state index contributed by atoms with van der Waals surface area (Å²) in [5, 5.41) is 3.61. The molecule has 1 aliphatic heterocycles. The largest absolute Gasteiger partial charge is 0.313 e. The van der Waals surface area contributed by atoms with Crippen molar-refractivity contribution in [3.8, 4) is 0 Å². The van der Waals surface area contributed by atoms with Crippen molar-refractivity contribution in [1.29, 1.82) is 0 Å². The fraction of sp³-hybridized carbons (Fsp3) is 0.600. The van der Waals surface area contributed by atoms with Gasteiger partial charge in [-0.05, 0) is 54.9 Å². The lowest BCUT2D eigenvalue weighted by Gasteiger charge is -2.24. The smallest absolute Gasteiger partial charge is 0.126 e. The molecule has 0 aromatic heterocycles. The standard InChI is InChI=1S/C15H22FNS/c1-2-8-17-15(13-7-9-18-11-13)10-12-5-3-4-6-14(12)16/h3-6,13,15,17H,2,7-11H2,1H3. The second-order valence-corrected chi connectivity index (χ2v) is 6.13. The van der Waals surface area contributed by atoms with Crippen molar-refractivity contribution in [3.63, 3.8) is 0 Å². The molecule has 2 atom stereocenters. The van der Waals surface area contributed by atoms with Gasteiger partial charge in [-0.1, -0.05) is 25.1 Å². The quantitative estimate of drug-likeness (QED) is 0.847. The van der Waals surface area contributed by atoms with Gasteiger partial charge in [0.05, 0.1) is 0 Å². The molecule has 2 rings (SSSR count). The van der Waals surface area contributed by atoms with Crippen LogP contribution in [0.15, 0.2) is 24.3 Å². The van der Waals surface area contributed by atoms with E-state index in [-0.39, 0.29) is 5.82 Å². The molecule has 0 bridgehead atoms. The van der Waals surface area contributed by atoms with Gasteiger partial charge in [0.2, 0.25) is 0 Å². The van der Waals surface area contributed by atoms with E-state index in [1.165, 1.54) is 17.9 Å². The molecule has 1 aliphatic rings. The Morgan fingerprint density at radius 2 is 2.28 bits per heavy atom. The highest BCUT2D eigenvalue weighted by molar-refractivity contribution is 7.99. The molecule has 1 heterocycles. The fourth-order valence-electron chi connectivity index (χ4n) is 2.51.